The molecule has 0 fully saturated rings. The van der Waals surface area contributed by atoms with Gasteiger partial charge in [-0.15, -0.1) is 11.6 Å². The van der Waals surface area contributed by atoms with Gasteiger partial charge in [0.05, 0.1) is 15.2 Å². The summed E-state index contributed by atoms with van der Waals surface area (Å²) in [6.45, 7) is 2.03. The molecule has 0 bridgehead atoms. The minimum Gasteiger partial charge on any atom is -0.279 e. The van der Waals surface area contributed by atoms with Crippen molar-refractivity contribution in [3.63, 3.8) is 0 Å². The van der Waals surface area contributed by atoms with Crippen molar-refractivity contribution in [2.75, 3.05) is 5.88 Å². The molecule has 0 amide bonds. The Bertz CT molecular complexity index is 814. The van der Waals surface area contributed by atoms with E-state index < -0.39 is 0 Å². The van der Waals surface area contributed by atoms with Crippen LogP contribution < -0.4 is 0 Å². The standard InChI is InChI=1S/C15H12BrCl2N3/c1-9-6-8-19-15-14(9)20-12(5-7-17)21(15)11-4-2-3-10(18)13(11)16/h2-4,6,8H,5,7H2,1H3. The van der Waals surface area contributed by atoms with Crippen LogP contribution in [0.25, 0.3) is 16.9 Å². The van der Waals surface area contributed by atoms with Gasteiger partial charge in [0.15, 0.2) is 5.65 Å². The van der Waals surface area contributed by atoms with E-state index in [-0.39, 0.29) is 0 Å². The number of rotatable bonds is 3. The van der Waals surface area contributed by atoms with E-state index in [4.69, 9.17) is 28.2 Å². The fourth-order valence-corrected chi connectivity index (χ4v) is 3.09. The Morgan fingerprint density at radius 3 is 2.86 bits per heavy atom. The maximum atomic E-state index is 6.22. The van der Waals surface area contributed by atoms with Crippen molar-refractivity contribution in [1.29, 1.82) is 0 Å². The third-order valence-corrected chi connectivity index (χ3v) is 4.87. The van der Waals surface area contributed by atoms with Gasteiger partial charge >= 0.3 is 0 Å². The molecular formula is C15H12BrCl2N3. The number of hydrogen-bond donors (Lipinski definition) is 0. The van der Waals surface area contributed by atoms with E-state index in [2.05, 4.69) is 20.9 Å². The van der Waals surface area contributed by atoms with Crippen molar-refractivity contribution < 1.29 is 0 Å². The molecule has 0 aliphatic rings. The normalized spacial score (nSPS) is 11.2. The molecule has 0 atom stereocenters. The van der Waals surface area contributed by atoms with E-state index in [0.29, 0.717) is 17.3 Å². The minimum atomic E-state index is 0.501. The molecule has 0 radical (unpaired) electrons. The Hall–Kier alpha value is -1.10. The summed E-state index contributed by atoms with van der Waals surface area (Å²) in [5.74, 6) is 1.38. The monoisotopic (exact) mass is 383 g/mol. The number of pyridine rings is 1. The summed E-state index contributed by atoms with van der Waals surface area (Å²) in [6.07, 6.45) is 2.45. The molecule has 0 aliphatic carbocycles. The molecule has 0 unspecified atom stereocenters. The summed E-state index contributed by atoms with van der Waals surface area (Å²) in [5, 5.41) is 0.652. The molecule has 3 aromatic rings. The van der Waals surface area contributed by atoms with Crippen LogP contribution in [0.5, 0.6) is 0 Å². The van der Waals surface area contributed by atoms with Gasteiger partial charge in [-0.3, -0.25) is 4.57 Å². The number of benzene rings is 1. The van der Waals surface area contributed by atoms with E-state index in [1.165, 1.54) is 0 Å². The molecule has 1 aromatic carbocycles. The fraction of sp³-hybridized carbons (Fsp3) is 0.200. The van der Waals surface area contributed by atoms with E-state index in [1.807, 2.05) is 35.8 Å². The fourth-order valence-electron chi connectivity index (χ4n) is 2.31. The first-order valence-electron chi connectivity index (χ1n) is 6.46. The second kappa shape index (κ2) is 5.95. The molecule has 3 rings (SSSR count). The van der Waals surface area contributed by atoms with E-state index >= 15 is 0 Å². The summed E-state index contributed by atoms with van der Waals surface area (Å²) in [4.78, 5) is 9.19. The van der Waals surface area contributed by atoms with Crippen LogP contribution in [0.15, 0.2) is 34.9 Å². The predicted molar refractivity (Wildman–Crippen MR) is 90.7 cm³/mol. The third kappa shape index (κ3) is 2.56. The highest BCUT2D eigenvalue weighted by Crippen LogP contribution is 2.32. The topological polar surface area (TPSA) is 30.7 Å². The lowest BCUT2D eigenvalue weighted by molar-refractivity contribution is 0.902. The second-order valence-corrected chi connectivity index (χ2v) is 6.25. The van der Waals surface area contributed by atoms with Crippen LogP contribution in [-0.4, -0.2) is 20.4 Å². The largest absolute Gasteiger partial charge is 0.279 e. The first kappa shape index (κ1) is 14.8. The number of aromatic nitrogens is 3. The number of aryl methyl sites for hydroxylation is 2. The van der Waals surface area contributed by atoms with E-state index in [9.17, 15) is 0 Å². The lowest BCUT2D eigenvalue weighted by Crippen LogP contribution is -2.04. The van der Waals surface area contributed by atoms with Crippen molar-refractivity contribution in [3.05, 3.63) is 51.3 Å². The van der Waals surface area contributed by atoms with Gasteiger partial charge < -0.3 is 0 Å². The zero-order valence-corrected chi connectivity index (χ0v) is 14.4. The second-order valence-electron chi connectivity index (χ2n) is 4.68. The van der Waals surface area contributed by atoms with Crippen LogP contribution in [0, 0.1) is 6.92 Å². The highest BCUT2D eigenvalue weighted by molar-refractivity contribution is 9.10. The summed E-state index contributed by atoms with van der Waals surface area (Å²) in [7, 11) is 0. The molecule has 2 heterocycles. The number of hydrogen-bond acceptors (Lipinski definition) is 2. The number of imidazole rings is 1. The van der Waals surface area contributed by atoms with Crippen molar-refractivity contribution in [2.24, 2.45) is 0 Å². The van der Waals surface area contributed by atoms with Gasteiger partial charge in [0.25, 0.3) is 0 Å². The first-order chi connectivity index (χ1) is 10.1. The molecular weight excluding hydrogens is 373 g/mol. The maximum absolute atomic E-state index is 6.22. The molecule has 21 heavy (non-hydrogen) atoms. The van der Waals surface area contributed by atoms with Crippen LogP contribution in [0.1, 0.15) is 11.4 Å². The predicted octanol–water partition coefficient (Wildman–Crippen LogP) is 4.93. The van der Waals surface area contributed by atoms with Crippen molar-refractivity contribution >= 4 is 50.3 Å². The van der Waals surface area contributed by atoms with Gasteiger partial charge in [-0.1, -0.05) is 17.7 Å². The molecule has 0 saturated carbocycles. The zero-order chi connectivity index (χ0) is 15.0. The van der Waals surface area contributed by atoms with E-state index in [1.54, 1.807) is 6.20 Å². The molecule has 0 N–H and O–H groups in total. The van der Waals surface area contributed by atoms with Gasteiger partial charge in [0.1, 0.15) is 11.3 Å². The number of fused-ring (bicyclic) bond motifs is 1. The van der Waals surface area contributed by atoms with Crippen molar-refractivity contribution in [1.82, 2.24) is 14.5 Å². The maximum Gasteiger partial charge on any atom is 0.164 e. The van der Waals surface area contributed by atoms with Crippen LogP contribution in [0.2, 0.25) is 5.02 Å². The summed E-state index contributed by atoms with van der Waals surface area (Å²) < 4.78 is 2.84. The summed E-state index contributed by atoms with van der Waals surface area (Å²) >= 11 is 15.7. The van der Waals surface area contributed by atoms with Gasteiger partial charge in [-0.2, -0.15) is 0 Å². The Balaban J connectivity index is 2.37. The Morgan fingerprint density at radius 1 is 1.29 bits per heavy atom. The van der Waals surface area contributed by atoms with Gasteiger partial charge in [0, 0.05) is 18.5 Å². The highest BCUT2D eigenvalue weighted by Gasteiger charge is 2.17. The highest BCUT2D eigenvalue weighted by atomic mass is 79.9. The molecule has 108 valence electrons. The number of nitrogens with zero attached hydrogens (tertiary/aromatic N) is 3. The van der Waals surface area contributed by atoms with Crippen LogP contribution >= 0.6 is 39.1 Å². The Kier molecular flexibility index (Phi) is 4.20. The smallest absolute Gasteiger partial charge is 0.164 e. The van der Waals surface area contributed by atoms with E-state index in [0.717, 1.165) is 32.7 Å². The average molecular weight is 385 g/mol. The van der Waals surface area contributed by atoms with Crippen LogP contribution in [0.4, 0.5) is 0 Å². The van der Waals surface area contributed by atoms with Crippen LogP contribution in [0.3, 0.4) is 0 Å². The lowest BCUT2D eigenvalue weighted by atomic mass is 10.2. The number of alkyl halides is 1. The van der Waals surface area contributed by atoms with Crippen molar-refractivity contribution in [2.45, 2.75) is 13.3 Å². The molecule has 0 spiro atoms. The Morgan fingerprint density at radius 2 is 2.10 bits per heavy atom. The SMILES string of the molecule is Cc1ccnc2c1nc(CCCl)n2-c1cccc(Cl)c1Br. The quantitative estimate of drug-likeness (QED) is 0.599. The molecule has 2 aromatic heterocycles. The third-order valence-electron chi connectivity index (χ3n) is 3.31. The number of halogens is 3. The Labute approximate surface area is 141 Å². The molecule has 0 aliphatic heterocycles. The minimum absolute atomic E-state index is 0.501. The van der Waals surface area contributed by atoms with Gasteiger partial charge in [-0.25, -0.2) is 9.97 Å². The molecule has 0 saturated heterocycles. The molecule has 6 heteroatoms. The first-order valence-corrected chi connectivity index (χ1v) is 8.17. The summed E-state index contributed by atoms with van der Waals surface area (Å²) in [6, 6.07) is 7.69. The molecule has 3 nitrogen and oxygen atoms in total. The lowest BCUT2D eigenvalue weighted by Gasteiger charge is -2.11. The zero-order valence-electron chi connectivity index (χ0n) is 11.3. The van der Waals surface area contributed by atoms with Crippen molar-refractivity contribution in [3.8, 4) is 5.69 Å². The van der Waals surface area contributed by atoms with Gasteiger partial charge in [-0.05, 0) is 46.6 Å². The van der Waals surface area contributed by atoms with Gasteiger partial charge in [0.2, 0.25) is 0 Å². The summed E-state index contributed by atoms with van der Waals surface area (Å²) in [5.41, 5.74) is 3.72. The average Bonchev–Trinajstić information content (AvgIpc) is 2.82. The van der Waals surface area contributed by atoms with Crippen LogP contribution in [-0.2, 0) is 6.42 Å².